The quantitative estimate of drug-likeness (QED) is 0.259. The average molecular weight is 511 g/mol. The van der Waals surface area contributed by atoms with Crippen molar-refractivity contribution in [3.05, 3.63) is 41.2 Å². The van der Waals surface area contributed by atoms with Gasteiger partial charge in [0.2, 0.25) is 12.3 Å². The van der Waals surface area contributed by atoms with Crippen LogP contribution in [0.1, 0.15) is 35.5 Å². The topological polar surface area (TPSA) is 120 Å². The molecule has 0 aromatic carbocycles. The molecule has 11 heteroatoms. The summed E-state index contributed by atoms with van der Waals surface area (Å²) in [6.45, 7) is 6.01. The first kappa shape index (κ1) is 27.9. The van der Waals surface area contributed by atoms with E-state index in [4.69, 9.17) is 9.47 Å². The van der Waals surface area contributed by atoms with E-state index in [-0.39, 0.29) is 17.7 Å². The molecule has 3 heterocycles. The zero-order valence-electron chi connectivity index (χ0n) is 21.9. The molecule has 1 aliphatic rings. The standard InChI is InChI=1S/C26H34N6O5/c1-6-7-19-13-27-23(12-22(19)37-18(2)17-36-5)29-26(35)31(4)24-9-8-20(21(16-33)28-24)14-32-11-10-30(3)15-25(32)34/h8-9,12-13,16,18,26,35H,10-11,14-15,17H2,1-5H3,(H,27,29)/t18-,26?/m1/s1. The number of hydrogen-bond acceptors (Lipinski definition) is 10. The van der Waals surface area contributed by atoms with Crippen LogP contribution in [0.15, 0.2) is 24.4 Å². The zero-order chi connectivity index (χ0) is 26.9. The van der Waals surface area contributed by atoms with Crippen molar-refractivity contribution in [3.63, 3.8) is 0 Å². The molecular weight excluding hydrogens is 476 g/mol. The number of pyridine rings is 2. The van der Waals surface area contributed by atoms with Crippen LogP contribution in [0.3, 0.4) is 0 Å². The van der Waals surface area contributed by atoms with Crippen molar-refractivity contribution in [1.82, 2.24) is 19.8 Å². The number of aldehydes is 1. The van der Waals surface area contributed by atoms with Gasteiger partial charge in [0.05, 0.1) is 18.7 Å². The molecule has 0 saturated carbocycles. The third kappa shape index (κ3) is 7.39. The molecule has 1 aliphatic heterocycles. The van der Waals surface area contributed by atoms with Gasteiger partial charge < -0.3 is 29.7 Å². The largest absolute Gasteiger partial charge is 0.487 e. The van der Waals surface area contributed by atoms with Crippen LogP contribution < -0.4 is 15.0 Å². The Kier molecular flexibility index (Phi) is 9.79. The molecule has 3 rings (SSSR count). The van der Waals surface area contributed by atoms with Crippen molar-refractivity contribution in [1.29, 1.82) is 0 Å². The highest BCUT2D eigenvalue weighted by Gasteiger charge is 2.23. The van der Waals surface area contributed by atoms with Crippen molar-refractivity contribution >= 4 is 23.8 Å². The molecule has 1 amide bonds. The number of carbonyl (C=O) groups excluding carboxylic acids is 2. The van der Waals surface area contributed by atoms with Crippen molar-refractivity contribution in [3.8, 4) is 17.6 Å². The molecule has 1 fully saturated rings. The van der Waals surface area contributed by atoms with Gasteiger partial charge in [-0.15, -0.1) is 5.92 Å². The van der Waals surface area contributed by atoms with E-state index in [9.17, 15) is 14.7 Å². The van der Waals surface area contributed by atoms with E-state index in [1.807, 2.05) is 18.9 Å². The maximum Gasteiger partial charge on any atom is 0.237 e. The summed E-state index contributed by atoms with van der Waals surface area (Å²) in [5.74, 6) is 7.04. The van der Waals surface area contributed by atoms with Crippen LogP contribution in [0.5, 0.6) is 5.75 Å². The van der Waals surface area contributed by atoms with Crippen LogP contribution in [0, 0.1) is 11.8 Å². The number of ether oxygens (including phenoxy) is 2. The highest BCUT2D eigenvalue weighted by atomic mass is 16.5. The SMILES string of the molecule is CC#Cc1cnc(NC(O)N(C)c2ccc(CN3CCN(C)CC3=O)c(C=O)n2)cc1O[C@H](C)COC. The van der Waals surface area contributed by atoms with Gasteiger partial charge in [-0.1, -0.05) is 12.0 Å². The second-order valence-electron chi connectivity index (χ2n) is 8.84. The Hall–Kier alpha value is -3.72. The number of hydrogen-bond donors (Lipinski definition) is 2. The number of nitrogens with one attached hydrogen (secondary N) is 1. The fourth-order valence-corrected chi connectivity index (χ4v) is 3.81. The van der Waals surface area contributed by atoms with Gasteiger partial charge in [-0.05, 0) is 27.0 Å². The number of aromatic nitrogens is 2. The van der Waals surface area contributed by atoms with E-state index < -0.39 is 6.35 Å². The van der Waals surface area contributed by atoms with Crippen molar-refractivity contribution in [2.45, 2.75) is 32.8 Å². The first-order chi connectivity index (χ1) is 17.7. The van der Waals surface area contributed by atoms with Crippen LogP contribution in [-0.4, -0.2) is 97.0 Å². The van der Waals surface area contributed by atoms with Crippen LogP contribution >= 0.6 is 0 Å². The minimum absolute atomic E-state index is 0.00909. The Morgan fingerprint density at radius 3 is 2.81 bits per heavy atom. The summed E-state index contributed by atoms with van der Waals surface area (Å²) in [5, 5.41) is 13.7. The van der Waals surface area contributed by atoms with E-state index in [2.05, 4.69) is 27.1 Å². The Morgan fingerprint density at radius 2 is 2.14 bits per heavy atom. The lowest BCUT2D eigenvalue weighted by Gasteiger charge is -2.32. The number of anilines is 2. The van der Waals surface area contributed by atoms with Crippen LogP contribution in [-0.2, 0) is 16.1 Å². The van der Waals surface area contributed by atoms with E-state index in [1.165, 1.54) is 4.90 Å². The molecule has 11 nitrogen and oxygen atoms in total. The molecular formula is C26H34N6O5. The summed E-state index contributed by atoms with van der Waals surface area (Å²) in [5.41, 5.74) is 1.48. The summed E-state index contributed by atoms with van der Waals surface area (Å²) < 4.78 is 11.1. The van der Waals surface area contributed by atoms with Gasteiger partial charge in [0, 0.05) is 51.6 Å². The van der Waals surface area contributed by atoms with Gasteiger partial charge in [0.15, 0.2) is 6.29 Å². The van der Waals surface area contributed by atoms with Crippen LogP contribution in [0.25, 0.3) is 0 Å². The highest BCUT2D eigenvalue weighted by molar-refractivity contribution is 5.80. The van der Waals surface area contributed by atoms with Gasteiger partial charge in [-0.25, -0.2) is 9.97 Å². The molecule has 2 aromatic rings. The maximum absolute atomic E-state index is 12.3. The molecule has 0 radical (unpaired) electrons. The molecule has 2 aromatic heterocycles. The number of piperazine rings is 1. The normalized spacial score (nSPS) is 15.4. The van der Waals surface area contributed by atoms with E-state index in [0.717, 1.165) is 6.54 Å². The molecule has 1 unspecified atom stereocenters. The highest BCUT2D eigenvalue weighted by Crippen LogP contribution is 2.23. The lowest BCUT2D eigenvalue weighted by atomic mass is 10.1. The Morgan fingerprint density at radius 1 is 1.35 bits per heavy atom. The zero-order valence-corrected chi connectivity index (χ0v) is 21.9. The van der Waals surface area contributed by atoms with E-state index in [0.29, 0.717) is 61.0 Å². The van der Waals surface area contributed by atoms with Crippen molar-refractivity contribution in [2.75, 3.05) is 57.7 Å². The summed E-state index contributed by atoms with van der Waals surface area (Å²) in [7, 11) is 5.13. The lowest BCUT2D eigenvalue weighted by Crippen LogP contribution is -2.48. The second-order valence-corrected chi connectivity index (χ2v) is 8.84. The fourth-order valence-electron chi connectivity index (χ4n) is 3.81. The monoisotopic (exact) mass is 510 g/mol. The molecule has 2 atom stereocenters. The number of aliphatic hydroxyl groups excluding tert-OH is 1. The van der Waals surface area contributed by atoms with Gasteiger partial charge in [-0.3, -0.25) is 14.5 Å². The summed E-state index contributed by atoms with van der Waals surface area (Å²) in [4.78, 5) is 38.0. The molecule has 198 valence electrons. The minimum atomic E-state index is -1.21. The van der Waals surface area contributed by atoms with E-state index in [1.54, 1.807) is 50.4 Å². The first-order valence-corrected chi connectivity index (χ1v) is 11.9. The number of methoxy groups -OCH3 is 1. The second kappa shape index (κ2) is 13.0. The van der Waals surface area contributed by atoms with Gasteiger partial charge in [0.1, 0.15) is 29.2 Å². The maximum atomic E-state index is 12.3. The summed E-state index contributed by atoms with van der Waals surface area (Å²) in [6, 6.07) is 5.10. The molecule has 37 heavy (non-hydrogen) atoms. The molecule has 2 N–H and O–H groups in total. The molecule has 1 saturated heterocycles. The number of nitrogens with zero attached hydrogens (tertiary/aromatic N) is 5. The fraction of sp³-hybridized carbons (Fsp3) is 0.462. The Balaban J connectivity index is 1.73. The summed E-state index contributed by atoms with van der Waals surface area (Å²) >= 11 is 0. The van der Waals surface area contributed by atoms with Gasteiger partial charge >= 0.3 is 0 Å². The number of aliphatic hydroxyl groups is 1. The molecule has 0 bridgehead atoms. The van der Waals surface area contributed by atoms with Crippen LogP contribution in [0.2, 0.25) is 0 Å². The smallest absolute Gasteiger partial charge is 0.237 e. The van der Waals surface area contributed by atoms with Crippen molar-refractivity contribution in [2.24, 2.45) is 0 Å². The molecule has 0 aliphatic carbocycles. The predicted octanol–water partition coefficient (Wildman–Crippen LogP) is 1.17. The summed E-state index contributed by atoms with van der Waals surface area (Å²) in [6.07, 6.45) is 0.803. The number of amides is 1. The lowest BCUT2D eigenvalue weighted by molar-refractivity contribution is -0.136. The number of likely N-dealkylation sites (N-methyl/N-ethyl adjacent to an activating group) is 1. The Bertz CT molecular complexity index is 1160. The minimum Gasteiger partial charge on any atom is -0.487 e. The third-order valence-electron chi connectivity index (χ3n) is 5.84. The first-order valence-electron chi connectivity index (χ1n) is 11.9. The van der Waals surface area contributed by atoms with Gasteiger partial charge in [0.25, 0.3) is 0 Å². The van der Waals surface area contributed by atoms with Crippen molar-refractivity contribution < 1.29 is 24.2 Å². The number of carbonyl (C=O) groups is 2. The Labute approximate surface area is 217 Å². The molecule has 0 spiro atoms. The van der Waals surface area contributed by atoms with Gasteiger partial charge in [-0.2, -0.15) is 0 Å². The van der Waals surface area contributed by atoms with Crippen LogP contribution in [0.4, 0.5) is 11.6 Å². The average Bonchev–Trinajstić information content (AvgIpc) is 2.87. The van der Waals surface area contributed by atoms with E-state index >= 15 is 0 Å². The predicted molar refractivity (Wildman–Crippen MR) is 139 cm³/mol. The number of rotatable bonds is 11. The third-order valence-corrected chi connectivity index (χ3v) is 5.84.